The Morgan fingerprint density at radius 2 is 1.84 bits per heavy atom. The van der Waals surface area contributed by atoms with Gasteiger partial charge in [-0.05, 0) is 36.2 Å². The van der Waals surface area contributed by atoms with Gasteiger partial charge in [0.15, 0.2) is 0 Å². The van der Waals surface area contributed by atoms with Crippen LogP contribution in [0.5, 0.6) is 0 Å². The third kappa shape index (κ3) is 3.32. The molecule has 0 radical (unpaired) electrons. The monoisotopic (exact) mass is 258 g/mol. The van der Waals surface area contributed by atoms with Crippen molar-refractivity contribution < 1.29 is 14.6 Å². The van der Waals surface area contributed by atoms with Crippen molar-refractivity contribution in [1.29, 1.82) is 0 Å². The van der Waals surface area contributed by atoms with E-state index in [1.54, 1.807) is 13.8 Å². The van der Waals surface area contributed by atoms with Gasteiger partial charge in [0.25, 0.3) is 0 Å². The molecule has 2 aromatic carbocycles. The number of aliphatic hydroxyl groups is 1. The fourth-order valence-electron chi connectivity index (χ4n) is 1.81. The van der Waals surface area contributed by atoms with E-state index in [1.165, 1.54) is 0 Å². The minimum Gasteiger partial charge on any atom is -0.461 e. The van der Waals surface area contributed by atoms with Crippen molar-refractivity contribution in [2.45, 2.75) is 26.6 Å². The second kappa shape index (κ2) is 5.85. The first-order valence-corrected chi connectivity index (χ1v) is 6.40. The van der Waals surface area contributed by atoms with E-state index >= 15 is 0 Å². The van der Waals surface area contributed by atoms with Gasteiger partial charge in [0.2, 0.25) is 0 Å². The van der Waals surface area contributed by atoms with E-state index in [9.17, 15) is 9.90 Å². The minimum absolute atomic E-state index is 0.237. The summed E-state index contributed by atoms with van der Waals surface area (Å²) in [5, 5.41) is 11.6. The fraction of sp³-hybridized carbons (Fsp3) is 0.312. The summed E-state index contributed by atoms with van der Waals surface area (Å²) in [5.41, 5.74) is 0.949. The van der Waals surface area contributed by atoms with E-state index in [-0.39, 0.29) is 12.6 Å². The Morgan fingerprint density at radius 1 is 1.16 bits per heavy atom. The summed E-state index contributed by atoms with van der Waals surface area (Å²) in [7, 11) is 0. The van der Waals surface area contributed by atoms with Gasteiger partial charge in [-0.1, -0.05) is 36.4 Å². The molecular weight excluding hydrogens is 240 g/mol. The van der Waals surface area contributed by atoms with Crippen LogP contribution in [-0.2, 0) is 16.1 Å². The summed E-state index contributed by atoms with van der Waals surface area (Å²) < 4.78 is 5.20. The van der Waals surface area contributed by atoms with E-state index in [4.69, 9.17) is 4.74 Å². The van der Waals surface area contributed by atoms with Gasteiger partial charge in [0.1, 0.15) is 6.61 Å². The highest BCUT2D eigenvalue weighted by Crippen LogP contribution is 2.16. The number of aliphatic hydroxyl groups excluding tert-OH is 1. The molecule has 1 N–H and O–H groups in total. The third-order valence-corrected chi connectivity index (χ3v) is 3.29. The number of ether oxygens (including phenoxy) is 1. The lowest BCUT2D eigenvalue weighted by atomic mass is 10.1. The summed E-state index contributed by atoms with van der Waals surface area (Å²) in [6, 6.07) is 14.0. The molecule has 0 saturated heterocycles. The molecule has 0 fully saturated rings. The molecule has 3 nitrogen and oxygen atoms in total. The molecule has 0 amide bonds. The molecule has 2 atom stereocenters. The van der Waals surface area contributed by atoms with Crippen molar-refractivity contribution in [2.24, 2.45) is 5.92 Å². The summed E-state index contributed by atoms with van der Waals surface area (Å²) in [5.74, 6) is -0.872. The Kier molecular flexibility index (Phi) is 4.17. The van der Waals surface area contributed by atoms with Crippen LogP contribution in [0.3, 0.4) is 0 Å². The van der Waals surface area contributed by atoms with Crippen LogP contribution in [0.15, 0.2) is 42.5 Å². The summed E-state index contributed by atoms with van der Waals surface area (Å²) >= 11 is 0. The van der Waals surface area contributed by atoms with Gasteiger partial charge in [-0.3, -0.25) is 4.79 Å². The zero-order chi connectivity index (χ0) is 13.8. The number of esters is 1. The van der Waals surface area contributed by atoms with E-state index < -0.39 is 12.0 Å². The molecule has 0 aliphatic heterocycles. The Bertz CT molecular complexity index is 575. The Balaban J connectivity index is 2.04. The minimum atomic E-state index is -0.691. The van der Waals surface area contributed by atoms with E-state index in [0.717, 1.165) is 16.3 Å². The highest BCUT2D eigenvalue weighted by atomic mass is 16.5. The maximum atomic E-state index is 11.6. The molecule has 0 heterocycles. The number of fused-ring (bicyclic) bond motifs is 1. The topological polar surface area (TPSA) is 46.5 Å². The summed E-state index contributed by atoms with van der Waals surface area (Å²) in [6.45, 7) is 3.48. The van der Waals surface area contributed by atoms with E-state index in [0.29, 0.717) is 0 Å². The molecule has 3 heteroatoms. The van der Waals surface area contributed by atoms with Gasteiger partial charge in [0.05, 0.1) is 12.0 Å². The highest BCUT2D eigenvalue weighted by Gasteiger charge is 2.19. The molecule has 19 heavy (non-hydrogen) atoms. The standard InChI is InChI=1S/C16H18O3/c1-11(12(2)17)16(18)19-10-13-7-8-14-5-3-4-6-15(14)9-13/h3-9,11-12,17H,10H2,1-2H3/t11-,12+/m0/s1. The van der Waals surface area contributed by atoms with E-state index in [1.807, 2.05) is 42.5 Å². The van der Waals surface area contributed by atoms with Crippen LogP contribution in [-0.4, -0.2) is 17.2 Å². The Hall–Kier alpha value is -1.87. The predicted octanol–water partition coefficient (Wildman–Crippen LogP) is 2.90. The van der Waals surface area contributed by atoms with Crippen molar-refractivity contribution in [2.75, 3.05) is 0 Å². The van der Waals surface area contributed by atoms with Crippen LogP contribution < -0.4 is 0 Å². The lowest BCUT2D eigenvalue weighted by Crippen LogP contribution is -2.24. The molecule has 0 aliphatic rings. The smallest absolute Gasteiger partial charge is 0.311 e. The van der Waals surface area contributed by atoms with Crippen molar-refractivity contribution in [3.05, 3.63) is 48.0 Å². The van der Waals surface area contributed by atoms with Gasteiger partial charge in [0, 0.05) is 0 Å². The van der Waals surface area contributed by atoms with Crippen molar-refractivity contribution in [1.82, 2.24) is 0 Å². The predicted molar refractivity (Wildman–Crippen MR) is 74.6 cm³/mol. The zero-order valence-corrected chi connectivity index (χ0v) is 11.2. The zero-order valence-electron chi connectivity index (χ0n) is 11.2. The molecule has 2 rings (SSSR count). The molecule has 0 unspecified atom stereocenters. The van der Waals surface area contributed by atoms with Gasteiger partial charge in [-0.25, -0.2) is 0 Å². The van der Waals surface area contributed by atoms with Crippen molar-refractivity contribution in [3.8, 4) is 0 Å². The molecule has 100 valence electrons. The second-order valence-corrected chi connectivity index (χ2v) is 4.82. The molecule has 0 aliphatic carbocycles. The van der Waals surface area contributed by atoms with Crippen LogP contribution in [0.25, 0.3) is 10.8 Å². The van der Waals surface area contributed by atoms with Crippen LogP contribution in [0, 0.1) is 5.92 Å². The molecule has 2 aromatic rings. The average molecular weight is 258 g/mol. The number of hydrogen-bond acceptors (Lipinski definition) is 3. The molecule has 0 spiro atoms. The maximum absolute atomic E-state index is 11.6. The van der Waals surface area contributed by atoms with Crippen LogP contribution in [0.4, 0.5) is 0 Å². The van der Waals surface area contributed by atoms with Gasteiger partial charge in [-0.2, -0.15) is 0 Å². The summed E-state index contributed by atoms with van der Waals surface area (Å²) in [6.07, 6.45) is -0.691. The lowest BCUT2D eigenvalue weighted by molar-refractivity contribution is -0.152. The van der Waals surface area contributed by atoms with Gasteiger partial charge in [-0.15, -0.1) is 0 Å². The highest BCUT2D eigenvalue weighted by molar-refractivity contribution is 5.83. The molecular formula is C16H18O3. The fourth-order valence-corrected chi connectivity index (χ4v) is 1.81. The number of carbonyl (C=O) groups is 1. The second-order valence-electron chi connectivity index (χ2n) is 4.82. The first-order valence-electron chi connectivity index (χ1n) is 6.40. The largest absolute Gasteiger partial charge is 0.461 e. The van der Waals surface area contributed by atoms with Crippen LogP contribution in [0.1, 0.15) is 19.4 Å². The average Bonchev–Trinajstić information content (AvgIpc) is 2.43. The quantitative estimate of drug-likeness (QED) is 0.858. The normalized spacial score (nSPS) is 14.1. The molecule has 0 bridgehead atoms. The number of carbonyl (C=O) groups excluding carboxylic acids is 1. The van der Waals surface area contributed by atoms with Gasteiger partial charge < -0.3 is 9.84 Å². The maximum Gasteiger partial charge on any atom is 0.311 e. The first-order chi connectivity index (χ1) is 9.08. The van der Waals surface area contributed by atoms with E-state index in [2.05, 4.69) is 0 Å². The lowest BCUT2D eigenvalue weighted by Gasteiger charge is -2.13. The van der Waals surface area contributed by atoms with Crippen molar-refractivity contribution in [3.63, 3.8) is 0 Å². The number of hydrogen-bond donors (Lipinski definition) is 1. The number of benzene rings is 2. The van der Waals surface area contributed by atoms with Crippen LogP contribution in [0.2, 0.25) is 0 Å². The Morgan fingerprint density at radius 3 is 2.53 bits per heavy atom. The Labute approximate surface area is 112 Å². The number of rotatable bonds is 4. The third-order valence-electron chi connectivity index (χ3n) is 3.29. The molecule has 0 aromatic heterocycles. The summed E-state index contributed by atoms with van der Waals surface area (Å²) in [4.78, 5) is 11.6. The molecule has 0 saturated carbocycles. The first kappa shape index (κ1) is 13.6. The van der Waals surface area contributed by atoms with Crippen molar-refractivity contribution >= 4 is 16.7 Å². The SMILES string of the molecule is C[C@H](C(=O)OCc1ccc2ccccc2c1)[C@@H](C)O. The van der Waals surface area contributed by atoms with Gasteiger partial charge >= 0.3 is 5.97 Å². The van der Waals surface area contributed by atoms with Crippen LogP contribution >= 0.6 is 0 Å².